The quantitative estimate of drug-likeness (QED) is 0.456. The van der Waals surface area contributed by atoms with E-state index in [0.717, 1.165) is 71.7 Å². The Morgan fingerprint density at radius 2 is 1.61 bits per heavy atom. The third kappa shape index (κ3) is 4.03. The summed E-state index contributed by atoms with van der Waals surface area (Å²) in [5, 5.41) is 5.67. The zero-order chi connectivity index (χ0) is 21.4. The molecular formula is C25H26ClN5. The second kappa shape index (κ2) is 8.33. The monoisotopic (exact) mass is 431 g/mol. The van der Waals surface area contributed by atoms with Gasteiger partial charge in [-0.2, -0.15) is 9.61 Å². The van der Waals surface area contributed by atoms with Gasteiger partial charge in [0.25, 0.3) is 0 Å². The summed E-state index contributed by atoms with van der Waals surface area (Å²) < 4.78 is 2.03. The van der Waals surface area contributed by atoms with E-state index in [4.69, 9.17) is 21.7 Å². The summed E-state index contributed by atoms with van der Waals surface area (Å²) in [4.78, 5) is 9.79. The number of benzene rings is 2. The Morgan fingerprint density at radius 3 is 2.32 bits per heavy atom. The van der Waals surface area contributed by atoms with E-state index in [1.54, 1.807) is 0 Å². The lowest BCUT2D eigenvalue weighted by Gasteiger charge is -2.36. The van der Waals surface area contributed by atoms with Gasteiger partial charge >= 0.3 is 0 Å². The van der Waals surface area contributed by atoms with Crippen molar-refractivity contribution < 1.29 is 0 Å². The summed E-state index contributed by atoms with van der Waals surface area (Å²) in [5.74, 6) is 1.12. The number of aromatic nitrogens is 3. The van der Waals surface area contributed by atoms with Crippen LogP contribution in [0.25, 0.3) is 16.8 Å². The van der Waals surface area contributed by atoms with E-state index in [9.17, 15) is 0 Å². The molecule has 4 aromatic rings. The van der Waals surface area contributed by atoms with E-state index in [-0.39, 0.29) is 0 Å². The van der Waals surface area contributed by atoms with Gasteiger partial charge in [-0.05, 0) is 37.1 Å². The largest absolute Gasteiger partial charge is 0.354 e. The normalized spacial score (nSPS) is 15.0. The molecule has 1 saturated heterocycles. The maximum Gasteiger partial charge on any atom is 0.165 e. The predicted octanol–water partition coefficient (Wildman–Crippen LogP) is 4.99. The standard InChI is InChI=1S/C25H26ClN5/c1-18-16-23(30-14-12-29(13-15-30)17-20-8-10-22(26)11-9-20)31-25(27-18)24(19(2)28-31)21-6-4-3-5-7-21/h3-11,16H,12-15,17H2,1-2H3. The van der Waals surface area contributed by atoms with Crippen molar-refractivity contribution in [1.82, 2.24) is 19.5 Å². The maximum atomic E-state index is 6.02. The third-order valence-electron chi connectivity index (χ3n) is 5.95. The Kier molecular flexibility index (Phi) is 5.38. The number of hydrogen-bond acceptors (Lipinski definition) is 4. The van der Waals surface area contributed by atoms with Crippen LogP contribution in [0, 0.1) is 13.8 Å². The van der Waals surface area contributed by atoms with Crippen molar-refractivity contribution in [2.75, 3.05) is 31.1 Å². The molecule has 3 heterocycles. The van der Waals surface area contributed by atoms with Gasteiger partial charge in [-0.3, -0.25) is 4.90 Å². The molecule has 0 N–H and O–H groups in total. The lowest BCUT2D eigenvalue weighted by molar-refractivity contribution is 0.249. The Balaban J connectivity index is 1.40. The molecule has 2 aromatic carbocycles. The highest BCUT2D eigenvalue weighted by Crippen LogP contribution is 2.30. The Morgan fingerprint density at radius 1 is 0.903 bits per heavy atom. The minimum Gasteiger partial charge on any atom is -0.354 e. The second-order valence-electron chi connectivity index (χ2n) is 8.21. The highest BCUT2D eigenvalue weighted by atomic mass is 35.5. The Labute approximate surface area is 187 Å². The van der Waals surface area contributed by atoms with Crippen molar-refractivity contribution in [3.63, 3.8) is 0 Å². The first-order valence-corrected chi connectivity index (χ1v) is 11.1. The minimum atomic E-state index is 0.787. The predicted molar refractivity (Wildman–Crippen MR) is 127 cm³/mol. The molecule has 6 heteroatoms. The average molecular weight is 432 g/mol. The van der Waals surface area contributed by atoms with Gasteiger partial charge in [0, 0.05) is 55.1 Å². The van der Waals surface area contributed by atoms with E-state index in [1.807, 2.05) is 22.7 Å². The molecule has 0 aliphatic carbocycles. The molecule has 1 fully saturated rings. The van der Waals surface area contributed by atoms with Crippen LogP contribution in [0.4, 0.5) is 5.82 Å². The van der Waals surface area contributed by atoms with Gasteiger partial charge in [0.2, 0.25) is 0 Å². The number of piperazine rings is 1. The number of anilines is 1. The van der Waals surface area contributed by atoms with Gasteiger partial charge in [-0.15, -0.1) is 0 Å². The van der Waals surface area contributed by atoms with Crippen LogP contribution < -0.4 is 4.90 Å². The van der Waals surface area contributed by atoms with Gasteiger partial charge in [-0.1, -0.05) is 54.1 Å². The molecule has 5 rings (SSSR count). The molecule has 1 aliphatic heterocycles. The summed E-state index contributed by atoms with van der Waals surface area (Å²) in [6.07, 6.45) is 0. The van der Waals surface area contributed by atoms with Gasteiger partial charge in [0.15, 0.2) is 5.65 Å². The summed E-state index contributed by atoms with van der Waals surface area (Å²) in [6.45, 7) is 9.04. The number of aryl methyl sites for hydroxylation is 2. The zero-order valence-electron chi connectivity index (χ0n) is 17.9. The molecule has 1 aliphatic rings. The lowest BCUT2D eigenvalue weighted by atomic mass is 10.1. The van der Waals surface area contributed by atoms with Crippen LogP contribution in [0.2, 0.25) is 5.02 Å². The van der Waals surface area contributed by atoms with Crippen LogP contribution in [0.15, 0.2) is 60.7 Å². The average Bonchev–Trinajstić information content (AvgIpc) is 3.11. The first-order chi connectivity index (χ1) is 15.1. The van der Waals surface area contributed by atoms with Crippen LogP contribution in [0.5, 0.6) is 0 Å². The smallest absolute Gasteiger partial charge is 0.165 e. The van der Waals surface area contributed by atoms with E-state index >= 15 is 0 Å². The summed E-state index contributed by atoms with van der Waals surface area (Å²) in [7, 11) is 0. The fourth-order valence-corrected chi connectivity index (χ4v) is 4.50. The van der Waals surface area contributed by atoms with Gasteiger partial charge in [0.05, 0.1) is 5.69 Å². The topological polar surface area (TPSA) is 36.7 Å². The summed E-state index contributed by atoms with van der Waals surface area (Å²) in [5.41, 5.74) is 6.53. The fourth-order valence-electron chi connectivity index (χ4n) is 4.38. The number of hydrogen-bond donors (Lipinski definition) is 0. The molecule has 0 saturated carbocycles. The van der Waals surface area contributed by atoms with E-state index < -0.39 is 0 Å². The molecule has 0 bridgehead atoms. The molecule has 0 amide bonds. The molecular weight excluding hydrogens is 406 g/mol. The summed E-state index contributed by atoms with van der Waals surface area (Å²) >= 11 is 6.02. The van der Waals surface area contributed by atoms with Crippen LogP contribution >= 0.6 is 11.6 Å². The molecule has 0 spiro atoms. The van der Waals surface area contributed by atoms with Crippen LogP contribution in [-0.4, -0.2) is 45.7 Å². The molecule has 0 radical (unpaired) electrons. The highest BCUT2D eigenvalue weighted by molar-refractivity contribution is 6.30. The Bertz CT molecular complexity index is 1190. The maximum absolute atomic E-state index is 6.02. The van der Waals surface area contributed by atoms with Crippen molar-refractivity contribution in [3.05, 3.63) is 82.6 Å². The molecule has 2 aromatic heterocycles. The van der Waals surface area contributed by atoms with E-state index in [1.165, 1.54) is 5.56 Å². The van der Waals surface area contributed by atoms with Crippen LogP contribution in [-0.2, 0) is 6.54 Å². The van der Waals surface area contributed by atoms with Gasteiger partial charge < -0.3 is 4.90 Å². The van der Waals surface area contributed by atoms with E-state index in [2.05, 4.69) is 66.1 Å². The van der Waals surface area contributed by atoms with E-state index in [0.29, 0.717) is 0 Å². The molecule has 158 valence electrons. The number of nitrogens with zero attached hydrogens (tertiary/aromatic N) is 5. The van der Waals surface area contributed by atoms with Crippen molar-refractivity contribution in [2.24, 2.45) is 0 Å². The van der Waals surface area contributed by atoms with Crippen molar-refractivity contribution >= 4 is 23.1 Å². The minimum absolute atomic E-state index is 0.787. The second-order valence-corrected chi connectivity index (χ2v) is 8.64. The van der Waals surface area contributed by atoms with Gasteiger partial charge in [-0.25, -0.2) is 4.98 Å². The zero-order valence-corrected chi connectivity index (χ0v) is 18.7. The molecule has 0 atom stereocenters. The number of fused-ring (bicyclic) bond motifs is 1. The van der Waals surface area contributed by atoms with Crippen molar-refractivity contribution in [3.8, 4) is 11.1 Å². The SMILES string of the molecule is Cc1cc(N2CCN(Cc3ccc(Cl)cc3)CC2)n2nc(C)c(-c3ccccc3)c2n1. The first-order valence-electron chi connectivity index (χ1n) is 10.7. The van der Waals surface area contributed by atoms with Gasteiger partial charge in [0.1, 0.15) is 5.82 Å². The number of halogens is 1. The molecule has 31 heavy (non-hydrogen) atoms. The number of rotatable bonds is 4. The molecule has 5 nitrogen and oxygen atoms in total. The van der Waals surface area contributed by atoms with Crippen molar-refractivity contribution in [1.29, 1.82) is 0 Å². The highest BCUT2D eigenvalue weighted by Gasteiger charge is 2.22. The van der Waals surface area contributed by atoms with Crippen molar-refractivity contribution in [2.45, 2.75) is 20.4 Å². The molecule has 0 unspecified atom stereocenters. The van der Waals surface area contributed by atoms with Crippen LogP contribution in [0.1, 0.15) is 17.0 Å². The third-order valence-corrected chi connectivity index (χ3v) is 6.20. The fraction of sp³-hybridized carbons (Fsp3) is 0.280. The summed E-state index contributed by atoms with van der Waals surface area (Å²) in [6, 6.07) is 20.7. The lowest BCUT2D eigenvalue weighted by Crippen LogP contribution is -2.46. The first kappa shape index (κ1) is 20.0. The van der Waals surface area contributed by atoms with Crippen LogP contribution in [0.3, 0.4) is 0 Å². The Hall–Kier alpha value is -2.89.